The minimum atomic E-state index is -0.966. The van der Waals surface area contributed by atoms with Crippen LogP contribution in [0.15, 0.2) is 54.7 Å². The zero-order valence-corrected chi connectivity index (χ0v) is 10.9. The molecule has 2 aromatic carbocycles. The van der Waals surface area contributed by atoms with Crippen LogP contribution in [0.1, 0.15) is 15.9 Å². The van der Waals surface area contributed by atoms with Crippen molar-refractivity contribution < 1.29 is 9.90 Å². The molecule has 0 radical (unpaired) electrons. The van der Waals surface area contributed by atoms with Gasteiger partial charge in [0.15, 0.2) is 0 Å². The third-order valence-corrected chi connectivity index (χ3v) is 3.31. The van der Waals surface area contributed by atoms with Gasteiger partial charge in [0.1, 0.15) is 0 Å². The number of rotatable bonds is 2. The average molecular weight is 274 g/mol. The van der Waals surface area contributed by atoms with Crippen LogP contribution in [-0.2, 0) is 0 Å². The van der Waals surface area contributed by atoms with Crippen LogP contribution in [0.25, 0.3) is 22.0 Å². The molecule has 0 amide bonds. The summed E-state index contributed by atoms with van der Waals surface area (Å²) in [6.45, 7) is 0. The quantitative estimate of drug-likeness (QED) is 0.776. The van der Waals surface area contributed by atoms with Crippen molar-refractivity contribution in [2.75, 3.05) is 0 Å². The molecule has 3 aromatic rings. The van der Waals surface area contributed by atoms with Gasteiger partial charge < -0.3 is 5.11 Å². The fourth-order valence-corrected chi connectivity index (χ4v) is 2.26. The second kappa shape index (κ2) is 5.06. The largest absolute Gasteiger partial charge is 0.478 e. The fraction of sp³-hybridized carbons (Fsp3) is 0. The Morgan fingerprint density at radius 2 is 1.86 bits per heavy atom. The van der Waals surface area contributed by atoms with Crippen LogP contribution < -0.4 is 0 Å². The predicted molar refractivity (Wildman–Crippen MR) is 78.9 cm³/mol. The molecule has 0 spiro atoms. The Labute approximate surface area is 120 Å². The van der Waals surface area contributed by atoms with Gasteiger partial charge in [-0.05, 0) is 47.5 Å². The maximum atomic E-state index is 11.1. The van der Waals surface area contributed by atoms with Crippen molar-refractivity contribution in [3.63, 3.8) is 0 Å². The summed E-state index contributed by atoms with van der Waals surface area (Å²) in [6.07, 6.45) is 1.69. The average Bonchev–Trinajstić information content (AvgIpc) is 2.54. The van der Waals surface area contributed by atoms with Crippen LogP contribution in [0.5, 0.6) is 0 Å². The van der Waals surface area contributed by atoms with Crippen LogP contribution in [0, 0.1) is 11.3 Å². The number of nitriles is 1. The summed E-state index contributed by atoms with van der Waals surface area (Å²) < 4.78 is 0. The lowest BCUT2D eigenvalue weighted by atomic mass is 9.99. The summed E-state index contributed by atoms with van der Waals surface area (Å²) >= 11 is 0. The molecule has 1 aromatic heterocycles. The van der Waals surface area contributed by atoms with Crippen LogP contribution in [0.4, 0.5) is 0 Å². The van der Waals surface area contributed by atoms with Crippen molar-refractivity contribution in [2.45, 2.75) is 0 Å². The van der Waals surface area contributed by atoms with E-state index in [1.54, 1.807) is 36.5 Å². The number of pyridine rings is 1. The molecular formula is C17H10N2O2. The zero-order valence-electron chi connectivity index (χ0n) is 10.9. The van der Waals surface area contributed by atoms with Crippen LogP contribution >= 0.6 is 0 Å². The molecule has 0 fully saturated rings. The first-order chi connectivity index (χ1) is 10.2. The third kappa shape index (κ3) is 2.33. The van der Waals surface area contributed by atoms with Crippen LogP contribution in [-0.4, -0.2) is 16.1 Å². The number of fused-ring (bicyclic) bond motifs is 1. The number of hydrogen-bond donors (Lipinski definition) is 1. The molecule has 0 aliphatic rings. The normalized spacial score (nSPS) is 10.2. The van der Waals surface area contributed by atoms with Gasteiger partial charge in [-0.15, -0.1) is 0 Å². The van der Waals surface area contributed by atoms with Gasteiger partial charge in [-0.25, -0.2) is 4.79 Å². The summed E-state index contributed by atoms with van der Waals surface area (Å²) in [7, 11) is 0. The second-order valence-corrected chi connectivity index (χ2v) is 4.58. The number of aromatic nitrogens is 1. The number of carbonyl (C=O) groups is 1. The Morgan fingerprint density at radius 3 is 2.52 bits per heavy atom. The molecular weight excluding hydrogens is 264 g/mol. The monoisotopic (exact) mass is 274 g/mol. The van der Waals surface area contributed by atoms with Crippen LogP contribution in [0.2, 0.25) is 0 Å². The molecule has 0 saturated carbocycles. The van der Waals surface area contributed by atoms with E-state index in [1.807, 2.05) is 18.2 Å². The van der Waals surface area contributed by atoms with Gasteiger partial charge in [0.05, 0.1) is 22.7 Å². The Bertz CT molecular complexity index is 877. The number of nitrogens with zero attached hydrogens (tertiary/aromatic N) is 2. The smallest absolute Gasteiger partial charge is 0.335 e. The van der Waals surface area contributed by atoms with Gasteiger partial charge in [0.25, 0.3) is 0 Å². The van der Waals surface area contributed by atoms with Crippen molar-refractivity contribution >= 4 is 16.9 Å². The molecule has 0 atom stereocenters. The highest BCUT2D eigenvalue weighted by Crippen LogP contribution is 2.28. The van der Waals surface area contributed by atoms with Crippen molar-refractivity contribution in [1.29, 1.82) is 5.26 Å². The summed E-state index contributed by atoms with van der Waals surface area (Å²) in [5.74, 6) is -0.966. The highest BCUT2D eigenvalue weighted by Gasteiger charge is 2.09. The summed E-state index contributed by atoms with van der Waals surface area (Å²) in [5, 5.41) is 18.7. The molecule has 4 nitrogen and oxygen atoms in total. The number of carboxylic acid groups (broad SMARTS) is 1. The Kier molecular flexibility index (Phi) is 3.09. The first kappa shape index (κ1) is 12.8. The Morgan fingerprint density at radius 1 is 1.10 bits per heavy atom. The first-order valence-electron chi connectivity index (χ1n) is 6.31. The first-order valence-corrected chi connectivity index (χ1v) is 6.31. The molecule has 0 aliphatic heterocycles. The molecule has 0 saturated heterocycles. The van der Waals surface area contributed by atoms with E-state index in [0.717, 1.165) is 22.0 Å². The maximum absolute atomic E-state index is 11.1. The van der Waals surface area contributed by atoms with Crippen molar-refractivity contribution in [1.82, 2.24) is 4.98 Å². The van der Waals surface area contributed by atoms with Crippen molar-refractivity contribution in [3.05, 3.63) is 65.9 Å². The van der Waals surface area contributed by atoms with Gasteiger partial charge in [-0.2, -0.15) is 5.26 Å². The number of hydrogen-bond acceptors (Lipinski definition) is 3. The maximum Gasteiger partial charge on any atom is 0.335 e. The van der Waals surface area contributed by atoms with E-state index in [9.17, 15) is 4.79 Å². The van der Waals surface area contributed by atoms with Gasteiger partial charge in [0.2, 0.25) is 0 Å². The summed E-state index contributed by atoms with van der Waals surface area (Å²) in [6, 6.07) is 16.0. The van der Waals surface area contributed by atoms with Gasteiger partial charge >= 0.3 is 5.97 Å². The van der Waals surface area contributed by atoms with Crippen molar-refractivity contribution in [2.24, 2.45) is 0 Å². The summed E-state index contributed by atoms with van der Waals surface area (Å²) in [4.78, 5) is 15.4. The second-order valence-electron chi connectivity index (χ2n) is 4.58. The van der Waals surface area contributed by atoms with E-state index in [0.29, 0.717) is 5.56 Å². The van der Waals surface area contributed by atoms with E-state index >= 15 is 0 Å². The highest BCUT2D eigenvalue weighted by molar-refractivity contribution is 5.99. The van der Waals surface area contributed by atoms with E-state index in [1.165, 1.54) is 0 Å². The Balaban J connectivity index is 2.23. The molecule has 0 bridgehead atoms. The molecule has 1 heterocycles. The van der Waals surface area contributed by atoms with E-state index in [4.69, 9.17) is 10.4 Å². The minimum absolute atomic E-state index is 0.227. The third-order valence-electron chi connectivity index (χ3n) is 3.31. The standard InChI is InChI=1S/C17H10N2O2/c18-10-11-1-3-12(4-2-11)14-7-8-19-16-6-5-13(17(20)21)9-15(14)16/h1-9H,(H,20,21). The van der Waals surface area contributed by atoms with Crippen LogP contribution in [0.3, 0.4) is 0 Å². The van der Waals surface area contributed by atoms with Gasteiger partial charge in [-0.3, -0.25) is 4.98 Å². The summed E-state index contributed by atoms with van der Waals surface area (Å²) in [5.41, 5.74) is 3.37. The van der Waals surface area contributed by atoms with E-state index < -0.39 is 5.97 Å². The SMILES string of the molecule is N#Cc1ccc(-c2ccnc3ccc(C(=O)O)cc23)cc1. The molecule has 3 rings (SSSR count). The molecule has 100 valence electrons. The Hall–Kier alpha value is -3.19. The molecule has 0 unspecified atom stereocenters. The number of carboxylic acids is 1. The van der Waals surface area contributed by atoms with Gasteiger partial charge in [-0.1, -0.05) is 12.1 Å². The zero-order chi connectivity index (χ0) is 14.8. The molecule has 0 aliphatic carbocycles. The molecule has 1 N–H and O–H groups in total. The van der Waals surface area contributed by atoms with Gasteiger partial charge in [0, 0.05) is 11.6 Å². The molecule has 4 heteroatoms. The lowest BCUT2D eigenvalue weighted by Gasteiger charge is -2.07. The lowest BCUT2D eigenvalue weighted by Crippen LogP contribution is -1.96. The predicted octanol–water partition coefficient (Wildman–Crippen LogP) is 3.47. The fourth-order valence-electron chi connectivity index (χ4n) is 2.26. The minimum Gasteiger partial charge on any atom is -0.478 e. The number of benzene rings is 2. The molecule has 21 heavy (non-hydrogen) atoms. The topological polar surface area (TPSA) is 74.0 Å². The van der Waals surface area contributed by atoms with E-state index in [2.05, 4.69) is 11.1 Å². The lowest BCUT2D eigenvalue weighted by molar-refractivity contribution is 0.0697. The number of aromatic carboxylic acids is 1. The highest BCUT2D eigenvalue weighted by atomic mass is 16.4. The van der Waals surface area contributed by atoms with E-state index in [-0.39, 0.29) is 5.56 Å². The van der Waals surface area contributed by atoms with Crippen molar-refractivity contribution in [3.8, 4) is 17.2 Å².